The van der Waals surface area contributed by atoms with Gasteiger partial charge in [-0.15, -0.1) is 0 Å². The van der Waals surface area contributed by atoms with Gasteiger partial charge in [0.1, 0.15) is 21.2 Å². The molecule has 6 nitrogen and oxygen atoms in total. The lowest BCUT2D eigenvalue weighted by molar-refractivity contribution is 0.574. The Labute approximate surface area is 138 Å². The van der Waals surface area contributed by atoms with Crippen LogP contribution in [0.3, 0.4) is 0 Å². The normalized spacial score (nSPS) is 12.1. The third-order valence-corrected chi connectivity index (χ3v) is 4.96. The Balaban J connectivity index is 2.17. The molecule has 7 heteroatoms. The smallest absolute Gasteiger partial charge is 0.151 e. The van der Waals surface area contributed by atoms with E-state index in [2.05, 4.69) is 21.5 Å². The molecule has 0 saturated carbocycles. The lowest BCUT2D eigenvalue weighted by atomic mass is 10.2. The van der Waals surface area contributed by atoms with Gasteiger partial charge in [0, 0.05) is 31.2 Å². The van der Waals surface area contributed by atoms with Crippen molar-refractivity contribution in [1.82, 2.24) is 14.5 Å². The molecule has 2 N–H and O–H groups in total. The molecular formula is C16H26N4O2S. The molecule has 0 aliphatic heterocycles. The number of nitrogens with zero attached hydrogens (tertiary/aromatic N) is 3. The molecular weight excluding hydrogens is 312 g/mol. The van der Waals surface area contributed by atoms with Crippen LogP contribution in [0.4, 0.5) is 5.82 Å². The number of pyridine rings is 1. The topological polar surface area (TPSA) is 90.9 Å². The second-order valence-corrected chi connectivity index (χ2v) is 8.40. The van der Waals surface area contributed by atoms with Crippen LogP contribution in [0.5, 0.6) is 0 Å². The Kier molecular flexibility index (Phi) is 5.62. The van der Waals surface area contributed by atoms with Gasteiger partial charge >= 0.3 is 0 Å². The van der Waals surface area contributed by atoms with E-state index in [0.29, 0.717) is 12.2 Å². The predicted molar refractivity (Wildman–Crippen MR) is 94.2 cm³/mol. The molecule has 0 aliphatic carbocycles. The number of sulfone groups is 1. The van der Waals surface area contributed by atoms with Gasteiger partial charge in [-0.3, -0.25) is 0 Å². The number of aryl methyl sites for hydroxylation is 3. The second kappa shape index (κ2) is 7.29. The minimum atomic E-state index is -2.87. The van der Waals surface area contributed by atoms with Crippen molar-refractivity contribution in [3.05, 3.63) is 17.6 Å². The summed E-state index contributed by atoms with van der Waals surface area (Å²) in [5, 5.41) is 0. The maximum Gasteiger partial charge on any atom is 0.151 e. The van der Waals surface area contributed by atoms with Crippen molar-refractivity contribution in [3.63, 3.8) is 0 Å². The van der Waals surface area contributed by atoms with Gasteiger partial charge in [0.25, 0.3) is 0 Å². The first-order valence-electron chi connectivity index (χ1n) is 8.11. The van der Waals surface area contributed by atoms with Crippen LogP contribution < -0.4 is 5.73 Å². The van der Waals surface area contributed by atoms with Crippen LogP contribution in [0.1, 0.15) is 44.0 Å². The van der Waals surface area contributed by atoms with Crippen molar-refractivity contribution in [1.29, 1.82) is 0 Å². The summed E-state index contributed by atoms with van der Waals surface area (Å²) in [7, 11) is -2.87. The fourth-order valence-electron chi connectivity index (χ4n) is 2.83. The zero-order chi connectivity index (χ0) is 17.0. The lowest BCUT2D eigenvalue weighted by Gasteiger charge is -2.10. The van der Waals surface area contributed by atoms with Crippen LogP contribution in [0, 0.1) is 6.92 Å². The molecule has 23 heavy (non-hydrogen) atoms. The lowest BCUT2D eigenvalue weighted by Crippen LogP contribution is -2.07. The van der Waals surface area contributed by atoms with E-state index < -0.39 is 9.84 Å². The average molecular weight is 338 g/mol. The van der Waals surface area contributed by atoms with E-state index in [-0.39, 0.29) is 5.75 Å². The molecule has 0 bridgehead atoms. The number of unbranched alkanes of at least 4 members (excludes halogenated alkanes) is 2. The first-order chi connectivity index (χ1) is 10.8. The Morgan fingerprint density at radius 2 is 2.00 bits per heavy atom. The Morgan fingerprint density at radius 1 is 1.26 bits per heavy atom. The fourth-order valence-corrected chi connectivity index (χ4v) is 3.56. The number of fused-ring (bicyclic) bond motifs is 1. The molecule has 0 amide bonds. The van der Waals surface area contributed by atoms with Crippen LogP contribution in [0.25, 0.3) is 11.0 Å². The fraction of sp³-hybridized carbons (Fsp3) is 0.625. The molecule has 0 aromatic carbocycles. The van der Waals surface area contributed by atoms with E-state index in [4.69, 9.17) is 5.73 Å². The molecule has 128 valence electrons. The van der Waals surface area contributed by atoms with Gasteiger partial charge in [-0.05, 0) is 31.7 Å². The van der Waals surface area contributed by atoms with Crippen molar-refractivity contribution in [2.45, 2.75) is 52.5 Å². The Morgan fingerprint density at radius 3 is 2.65 bits per heavy atom. The van der Waals surface area contributed by atoms with E-state index in [9.17, 15) is 8.42 Å². The van der Waals surface area contributed by atoms with Gasteiger partial charge in [0.15, 0.2) is 5.82 Å². The second-order valence-electron chi connectivity index (χ2n) is 6.14. The maximum absolute atomic E-state index is 11.2. The molecule has 2 aromatic heterocycles. The predicted octanol–water partition coefficient (Wildman–Crippen LogP) is 2.49. The molecule has 0 spiro atoms. The van der Waals surface area contributed by atoms with Crippen molar-refractivity contribution in [2.75, 3.05) is 17.7 Å². The number of aromatic nitrogens is 3. The number of nitrogen functional groups attached to an aromatic ring is 1. The summed E-state index contributed by atoms with van der Waals surface area (Å²) < 4.78 is 24.6. The third kappa shape index (κ3) is 4.43. The molecule has 2 aromatic rings. The molecule has 0 fully saturated rings. The van der Waals surface area contributed by atoms with Gasteiger partial charge in [-0.2, -0.15) is 0 Å². The number of imidazole rings is 1. The Bertz CT molecular complexity index is 781. The van der Waals surface area contributed by atoms with Crippen molar-refractivity contribution in [2.24, 2.45) is 0 Å². The summed E-state index contributed by atoms with van der Waals surface area (Å²) >= 11 is 0. The highest BCUT2D eigenvalue weighted by molar-refractivity contribution is 7.90. The number of hydrogen-bond donors (Lipinski definition) is 1. The number of nitrogens with two attached hydrogens (primary N) is 1. The quantitative estimate of drug-likeness (QED) is 0.747. The highest BCUT2D eigenvalue weighted by Crippen LogP contribution is 2.24. The summed E-state index contributed by atoms with van der Waals surface area (Å²) in [6.07, 6.45) is 7.51. The molecule has 2 rings (SSSR count). The SMILES string of the molecule is CCCc1nc2c(N)ncc(C)c2n1CCCCCS(C)(=O)=O. The first kappa shape index (κ1) is 17.7. The van der Waals surface area contributed by atoms with Crippen LogP contribution in [-0.2, 0) is 22.8 Å². The average Bonchev–Trinajstić information content (AvgIpc) is 2.82. The molecule has 0 unspecified atom stereocenters. The van der Waals surface area contributed by atoms with E-state index in [1.165, 1.54) is 6.26 Å². The van der Waals surface area contributed by atoms with E-state index in [1.807, 2.05) is 6.92 Å². The largest absolute Gasteiger partial charge is 0.382 e. The molecule has 0 aliphatic rings. The highest BCUT2D eigenvalue weighted by atomic mass is 32.2. The molecule has 0 atom stereocenters. The van der Waals surface area contributed by atoms with E-state index >= 15 is 0 Å². The van der Waals surface area contributed by atoms with E-state index in [0.717, 1.165) is 54.6 Å². The summed E-state index contributed by atoms with van der Waals surface area (Å²) in [5.41, 5.74) is 8.89. The number of hydrogen-bond acceptors (Lipinski definition) is 5. The van der Waals surface area contributed by atoms with Crippen molar-refractivity contribution >= 4 is 26.7 Å². The number of anilines is 1. The zero-order valence-corrected chi connectivity index (χ0v) is 15.0. The summed E-state index contributed by atoms with van der Waals surface area (Å²) in [6, 6.07) is 0. The van der Waals surface area contributed by atoms with E-state index in [1.54, 1.807) is 6.20 Å². The van der Waals surface area contributed by atoms with Crippen LogP contribution in [-0.4, -0.2) is 35.0 Å². The van der Waals surface area contributed by atoms with Gasteiger partial charge < -0.3 is 10.3 Å². The summed E-state index contributed by atoms with van der Waals surface area (Å²) in [5.74, 6) is 1.77. The van der Waals surface area contributed by atoms with Gasteiger partial charge in [-0.1, -0.05) is 13.3 Å². The van der Waals surface area contributed by atoms with Crippen LogP contribution >= 0.6 is 0 Å². The first-order valence-corrected chi connectivity index (χ1v) is 10.2. The number of rotatable bonds is 8. The molecule has 0 saturated heterocycles. The highest BCUT2D eigenvalue weighted by Gasteiger charge is 2.15. The van der Waals surface area contributed by atoms with Crippen LogP contribution in [0.15, 0.2) is 6.20 Å². The van der Waals surface area contributed by atoms with Crippen molar-refractivity contribution in [3.8, 4) is 0 Å². The van der Waals surface area contributed by atoms with Crippen molar-refractivity contribution < 1.29 is 8.42 Å². The summed E-state index contributed by atoms with van der Waals surface area (Å²) in [4.78, 5) is 8.87. The summed E-state index contributed by atoms with van der Waals surface area (Å²) in [6.45, 7) is 4.98. The minimum absolute atomic E-state index is 0.259. The van der Waals surface area contributed by atoms with Gasteiger partial charge in [0.2, 0.25) is 0 Å². The maximum atomic E-state index is 11.2. The van der Waals surface area contributed by atoms with Gasteiger partial charge in [0.05, 0.1) is 5.52 Å². The minimum Gasteiger partial charge on any atom is -0.382 e. The monoisotopic (exact) mass is 338 g/mol. The van der Waals surface area contributed by atoms with Crippen LogP contribution in [0.2, 0.25) is 0 Å². The Hall–Kier alpha value is -1.63. The standard InChI is InChI=1S/C16H26N4O2S/c1-4-8-13-19-14-15(12(2)11-18-16(14)17)20(13)9-6-5-7-10-23(3,21)22/h11H,4-10H2,1-3H3,(H2,17,18). The molecule has 2 heterocycles. The third-order valence-electron chi connectivity index (χ3n) is 3.93. The molecule has 0 radical (unpaired) electrons. The zero-order valence-electron chi connectivity index (χ0n) is 14.2. The van der Waals surface area contributed by atoms with Gasteiger partial charge in [-0.25, -0.2) is 18.4 Å².